The van der Waals surface area contributed by atoms with Crippen LogP contribution in [0.3, 0.4) is 0 Å². The van der Waals surface area contributed by atoms with Crippen molar-refractivity contribution in [2.24, 2.45) is 0 Å². The molecule has 0 saturated heterocycles. The molecule has 0 unspecified atom stereocenters. The third-order valence-electron chi connectivity index (χ3n) is 2.82. The van der Waals surface area contributed by atoms with E-state index in [1.54, 1.807) is 6.92 Å². The Morgan fingerprint density at radius 2 is 1.94 bits per heavy atom. The summed E-state index contributed by atoms with van der Waals surface area (Å²) in [5.41, 5.74) is 0.917. The molecule has 1 aromatic carbocycles. The molecule has 18 heavy (non-hydrogen) atoms. The van der Waals surface area contributed by atoms with Crippen LogP contribution in [0.1, 0.15) is 21.6 Å². The van der Waals surface area contributed by atoms with Crippen molar-refractivity contribution in [2.45, 2.75) is 13.5 Å². The van der Waals surface area contributed by atoms with Crippen LogP contribution in [0.2, 0.25) is 0 Å². The van der Waals surface area contributed by atoms with Crippen molar-refractivity contribution in [1.29, 1.82) is 0 Å². The predicted octanol–water partition coefficient (Wildman–Crippen LogP) is 1.72. The van der Waals surface area contributed by atoms with E-state index in [1.807, 2.05) is 30.3 Å². The lowest BCUT2D eigenvalue weighted by molar-refractivity contribution is 0.111. The lowest BCUT2D eigenvalue weighted by Crippen LogP contribution is -2.26. The van der Waals surface area contributed by atoms with Crippen LogP contribution in [0.15, 0.2) is 41.2 Å². The first-order valence-electron chi connectivity index (χ1n) is 5.56. The molecule has 0 spiro atoms. The molecule has 1 aromatic heterocycles. The minimum absolute atomic E-state index is 0.198. The van der Waals surface area contributed by atoms with Crippen molar-refractivity contribution < 1.29 is 9.90 Å². The van der Waals surface area contributed by atoms with Gasteiger partial charge in [0, 0.05) is 11.8 Å². The quantitative estimate of drug-likeness (QED) is 0.835. The van der Waals surface area contributed by atoms with E-state index in [2.05, 4.69) is 0 Å². The van der Waals surface area contributed by atoms with Crippen molar-refractivity contribution in [3.8, 4) is 5.75 Å². The van der Waals surface area contributed by atoms with Crippen molar-refractivity contribution in [2.75, 3.05) is 0 Å². The fourth-order valence-corrected chi connectivity index (χ4v) is 1.84. The lowest BCUT2D eigenvalue weighted by atomic mass is 10.2. The van der Waals surface area contributed by atoms with E-state index in [0.717, 1.165) is 5.56 Å². The summed E-state index contributed by atoms with van der Waals surface area (Å²) < 4.78 is 1.47. The van der Waals surface area contributed by atoms with Gasteiger partial charge in [0.1, 0.15) is 11.3 Å². The van der Waals surface area contributed by atoms with Gasteiger partial charge in [0.2, 0.25) is 0 Å². The molecule has 0 amide bonds. The average molecular weight is 243 g/mol. The Labute approximate surface area is 104 Å². The van der Waals surface area contributed by atoms with Gasteiger partial charge in [0.15, 0.2) is 6.29 Å². The van der Waals surface area contributed by atoms with Crippen molar-refractivity contribution in [1.82, 2.24) is 4.57 Å². The second kappa shape index (κ2) is 4.87. The molecule has 0 aliphatic heterocycles. The number of nitrogens with zero attached hydrogens (tertiary/aromatic N) is 1. The Morgan fingerprint density at radius 1 is 1.28 bits per heavy atom. The maximum atomic E-state index is 12.0. The van der Waals surface area contributed by atoms with Gasteiger partial charge in [0.05, 0.1) is 6.54 Å². The van der Waals surface area contributed by atoms with Crippen LogP contribution >= 0.6 is 0 Å². The van der Waals surface area contributed by atoms with Crippen LogP contribution in [0, 0.1) is 6.92 Å². The van der Waals surface area contributed by atoms with Gasteiger partial charge in [-0.25, -0.2) is 0 Å². The zero-order valence-electron chi connectivity index (χ0n) is 9.96. The fourth-order valence-electron chi connectivity index (χ4n) is 1.84. The number of aldehydes is 1. The molecule has 4 nitrogen and oxygen atoms in total. The van der Waals surface area contributed by atoms with E-state index < -0.39 is 5.56 Å². The largest absolute Gasteiger partial charge is 0.507 e. The summed E-state index contributed by atoms with van der Waals surface area (Å²) in [6.07, 6.45) is 0.387. The van der Waals surface area contributed by atoms with Gasteiger partial charge in [-0.05, 0) is 12.5 Å². The second-order valence-electron chi connectivity index (χ2n) is 4.08. The number of aryl methyl sites for hydroxylation is 1. The lowest BCUT2D eigenvalue weighted by Gasteiger charge is -2.11. The molecule has 4 heteroatoms. The molecular weight excluding hydrogens is 230 g/mol. The fraction of sp³-hybridized carbons (Fsp3) is 0.143. The summed E-state index contributed by atoms with van der Waals surface area (Å²) in [4.78, 5) is 22.8. The molecule has 0 radical (unpaired) electrons. The molecule has 2 aromatic rings. The normalized spacial score (nSPS) is 10.3. The molecule has 0 atom stereocenters. The predicted molar refractivity (Wildman–Crippen MR) is 68.0 cm³/mol. The van der Waals surface area contributed by atoms with Gasteiger partial charge in [-0.1, -0.05) is 30.3 Å². The first-order chi connectivity index (χ1) is 8.63. The molecule has 0 aliphatic carbocycles. The number of rotatable bonds is 3. The monoisotopic (exact) mass is 243 g/mol. The first kappa shape index (κ1) is 12.1. The molecule has 1 heterocycles. The van der Waals surface area contributed by atoms with E-state index in [9.17, 15) is 14.7 Å². The Bertz CT molecular complexity index is 629. The highest BCUT2D eigenvalue weighted by molar-refractivity contribution is 5.78. The minimum atomic E-state index is -0.466. The van der Waals surface area contributed by atoms with Gasteiger partial charge in [-0.3, -0.25) is 9.59 Å². The van der Waals surface area contributed by atoms with Crippen LogP contribution in [0.4, 0.5) is 0 Å². The number of aromatic hydroxyl groups is 1. The number of aromatic nitrogens is 1. The zero-order chi connectivity index (χ0) is 13.1. The van der Waals surface area contributed by atoms with Gasteiger partial charge < -0.3 is 9.67 Å². The van der Waals surface area contributed by atoms with Gasteiger partial charge in [-0.15, -0.1) is 0 Å². The Hall–Kier alpha value is -2.36. The third-order valence-corrected chi connectivity index (χ3v) is 2.82. The summed E-state index contributed by atoms with van der Waals surface area (Å²) in [7, 11) is 0. The smallest absolute Gasteiger partial charge is 0.265 e. The van der Waals surface area contributed by atoms with E-state index in [-0.39, 0.29) is 11.3 Å². The zero-order valence-corrected chi connectivity index (χ0v) is 9.96. The average Bonchev–Trinajstić information content (AvgIpc) is 2.36. The summed E-state index contributed by atoms with van der Waals surface area (Å²) in [6.45, 7) is 2.10. The van der Waals surface area contributed by atoms with E-state index in [4.69, 9.17) is 0 Å². The molecule has 92 valence electrons. The van der Waals surface area contributed by atoms with Gasteiger partial charge in [-0.2, -0.15) is 0 Å². The van der Waals surface area contributed by atoms with Crippen LogP contribution in [0.25, 0.3) is 0 Å². The topological polar surface area (TPSA) is 59.3 Å². The standard InChI is InChI=1S/C14H13NO3/c1-10-7-13(17)12(9-16)14(18)15(10)8-11-5-3-2-4-6-11/h2-7,9,17H,8H2,1H3. The van der Waals surface area contributed by atoms with Crippen LogP contribution in [-0.4, -0.2) is 16.0 Å². The van der Waals surface area contributed by atoms with Crippen LogP contribution in [-0.2, 0) is 6.54 Å². The van der Waals surface area contributed by atoms with Gasteiger partial charge in [0.25, 0.3) is 5.56 Å². The second-order valence-corrected chi connectivity index (χ2v) is 4.08. The maximum Gasteiger partial charge on any atom is 0.265 e. The van der Waals surface area contributed by atoms with Gasteiger partial charge >= 0.3 is 0 Å². The van der Waals surface area contributed by atoms with E-state index in [1.165, 1.54) is 10.6 Å². The van der Waals surface area contributed by atoms with E-state index in [0.29, 0.717) is 18.5 Å². The molecule has 0 aliphatic rings. The number of benzene rings is 1. The van der Waals surface area contributed by atoms with Crippen LogP contribution in [0.5, 0.6) is 5.75 Å². The van der Waals surface area contributed by atoms with Crippen LogP contribution < -0.4 is 5.56 Å². The number of carbonyl (C=O) groups is 1. The molecular formula is C14H13NO3. The Kier molecular flexibility index (Phi) is 3.28. The van der Waals surface area contributed by atoms with E-state index >= 15 is 0 Å². The number of pyridine rings is 1. The molecule has 0 saturated carbocycles. The summed E-state index contributed by atoms with van der Waals surface area (Å²) in [5.74, 6) is -0.267. The highest BCUT2D eigenvalue weighted by atomic mass is 16.3. The summed E-state index contributed by atoms with van der Waals surface area (Å²) in [5, 5.41) is 9.52. The first-order valence-corrected chi connectivity index (χ1v) is 5.56. The minimum Gasteiger partial charge on any atom is -0.507 e. The molecule has 2 rings (SSSR count). The summed E-state index contributed by atoms with van der Waals surface area (Å²) in [6, 6.07) is 10.9. The number of hydrogen-bond acceptors (Lipinski definition) is 3. The molecule has 1 N–H and O–H groups in total. The number of hydrogen-bond donors (Lipinski definition) is 1. The van der Waals surface area contributed by atoms with Crippen molar-refractivity contribution in [3.05, 3.63) is 63.6 Å². The highest BCUT2D eigenvalue weighted by Gasteiger charge is 2.11. The molecule has 0 bridgehead atoms. The third kappa shape index (κ3) is 2.18. The summed E-state index contributed by atoms with van der Waals surface area (Å²) >= 11 is 0. The maximum absolute atomic E-state index is 12.0. The van der Waals surface area contributed by atoms with Crippen molar-refractivity contribution >= 4 is 6.29 Å². The Balaban J connectivity index is 2.52. The molecule has 0 fully saturated rings. The highest BCUT2D eigenvalue weighted by Crippen LogP contribution is 2.13. The van der Waals surface area contributed by atoms with Crippen molar-refractivity contribution in [3.63, 3.8) is 0 Å². The Morgan fingerprint density at radius 3 is 2.56 bits per heavy atom. The SMILES string of the molecule is Cc1cc(O)c(C=O)c(=O)n1Cc1ccccc1. The number of carbonyl (C=O) groups excluding carboxylic acids is 1.